The highest BCUT2D eigenvalue weighted by molar-refractivity contribution is 5.71. The molecule has 0 aliphatic rings. The van der Waals surface area contributed by atoms with Crippen LogP contribution in [0.25, 0.3) is 0 Å². The van der Waals surface area contributed by atoms with Gasteiger partial charge in [0.05, 0.1) is 0 Å². The third-order valence-corrected chi connectivity index (χ3v) is 14.1. The Hall–Kier alpha value is -4.71. The molecule has 0 heterocycles. The Labute approximate surface area is 506 Å². The van der Waals surface area contributed by atoms with Gasteiger partial charge >= 0.3 is 17.9 Å². The largest absolute Gasteiger partial charge is 0.462 e. The minimum absolute atomic E-state index is 0.102. The van der Waals surface area contributed by atoms with E-state index in [0.717, 1.165) is 122 Å². The number of rotatable bonds is 60. The van der Waals surface area contributed by atoms with Crippen molar-refractivity contribution in [3.05, 3.63) is 146 Å². The molecule has 0 aromatic carbocycles. The van der Waals surface area contributed by atoms with E-state index in [1.54, 1.807) is 0 Å². The summed E-state index contributed by atoms with van der Waals surface area (Å²) >= 11 is 0. The van der Waals surface area contributed by atoms with E-state index in [-0.39, 0.29) is 37.5 Å². The average Bonchev–Trinajstić information content (AvgIpc) is 3.47. The number of unbranched alkanes of at least 4 members (excludes halogenated alkanes) is 25. The van der Waals surface area contributed by atoms with E-state index in [9.17, 15) is 14.4 Å². The second kappa shape index (κ2) is 68.8. The molecule has 0 aromatic rings. The smallest absolute Gasteiger partial charge is 0.306 e. The van der Waals surface area contributed by atoms with Gasteiger partial charge in [-0.25, -0.2) is 0 Å². The van der Waals surface area contributed by atoms with Gasteiger partial charge in [-0.3, -0.25) is 14.4 Å². The van der Waals surface area contributed by atoms with Crippen LogP contribution in [0.15, 0.2) is 146 Å². The van der Waals surface area contributed by atoms with E-state index in [4.69, 9.17) is 14.2 Å². The molecule has 0 spiro atoms. The van der Waals surface area contributed by atoms with Crippen LogP contribution < -0.4 is 0 Å². The Morgan fingerprint density at radius 2 is 0.488 bits per heavy atom. The van der Waals surface area contributed by atoms with Crippen LogP contribution >= 0.6 is 0 Å². The molecule has 6 heteroatoms. The molecule has 464 valence electrons. The lowest BCUT2D eigenvalue weighted by atomic mass is 10.0. The number of hydrogen-bond acceptors (Lipinski definition) is 6. The summed E-state index contributed by atoms with van der Waals surface area (Å²) in [4.78, 5) is 38.0. The molecule has 0 N–H and O–H groups in total. The summed E-state index contributed by atoms with van der Waals surface area (Å²) < 4.78 is 16.8. The molecule has 0 amide bonds. The Morgan fingerprint density at radius 1 is 0.256 bits per heavy atom. The van der Waals surface area contributed by atoms with Crippen LogP contribution in [0.3, 0.4) is 0 Å². The van der Waals surface area contributed by atoms with Gasteiger partial charge in [0.25, 0.3) is 0 Å². The number of hydrogen-bond donors (Lipinski definition) is 0. The monoisotopic (exact) mass is 1130 g/mol. The normalized spacial score (nSPS) is 13.1. The van der Waals surface area contributed by atoms with Crippen molar-refractivity contribution in [2.75, 3.05) is 13.2 Å². The van der Waals surface area contributed by atoms with Crippen LogP contribution in [0.2, 0.25) is 0 Å². The fourth-order valence-electron chi connectivity index (χ4n) is 9.11. The molecule has 82 heavy (non-hydrogen) atoms. The minimum Gasteiger partial charge on any atom is -0.462 e. The lowest BCUT2D eigenvalue weighted by molar-refractivity contribution is -0.167. The Balaban J connectivity index is 4.08. The number of allylic oxidation sites excluding steroid dienone is 24. The Kier molecular flexibility index (Phi) is 64.8. The van der Waals surface area contributed by atoms with Crippen LogP contribution in [0.5, 0.6) is 0 Å². The molecule has 0 fully saturated rings. The molecule has 0 radical (unpaired) electrons. The van der Waals surface area contributed by atoms with Crippen molar-refractivity contribution in [1.29, 1.82) is 0 Å². The summed E-state index contributed by atoms with van der Waals surface area (Å²) in [7, 11) is 0. The highest BCUT2D eigenvalue weighted by Crippen LogP contribution is 2.16. The van der Waals surface area contributed by atoms with Gasteiger partial charge in [0.1, 0.15) is 13.2 Å². The SMILES string of the molecule is CC/C=C\C/C=C\C/C=C\C/C=C\C/C=C\C/C=C\C/C=C\CCCC(=O)OC(COC(=O)CCCCCCCC)COC(=O)CCCCCCCCCCCCCCCCCCCCC/C=C\C/C=C\C/C=C\C/C=C\C/C=C\CC. The third-order valence-electron chi connectivity index (χ3n) is 14.1. The van der Waals surface area contributed by atoms with Crippen molar-refractivity contribution in [3.8, 4) is 0 Å². The molecular formula is C76H124O6. The molecule has 0 saturated heterocycles. The first-order chi connectivity index (χ1) is 40.5. The maximum Gasteiger partial charge on any atom is 0.306 e. The van der Waals surface area contributed by atoms with Crippen molar-refractivity contribution in [3.63, 3.8) is 0 Å². The predicted octanol–water partition coefficient (Wildman–Crippen LogP) is 23.5. The van der Waals surface area contributed by atoms with Gasteiger partial charge in [0.2, 0.25) is 0 Å². The van der Waals surface area contributed by atoms with E-state index in [1.807, 2.05) is 0 Å². The van der Waals surface area contributed by atoms with Crippen molar-refractivity contribution < 1.29 is 28.6 Å². The van der Waals surface area contributed by atoms with Crippen LogP contribution in [0.4, 0.5) is 0 Å². The zero-order chi connectivity index (χ0) is 59.2. The minimum atomic E-state index is -0.809. The van der Waals surface area contributed by atoms with Gasteiger partial charge in [-0.05, 0) is 116 Å². The van der Waals surface area contributed by atoms with Gasteiger partial charge in [0.15, 0.2) is 6.10 Å². The highest BCUT2D eigenvalue weighted by atomic mass is 16.6. The summed E-state index contributed by atoms with van der Waals surface area (Å²) in [6, 6.07) is 0. The van der Waals surface area contributed by atoms with Crippen LogP contribution in [-0.2, 0) is 28.6 Å². The molecule has 6 nitrogen and oxygen atoms in total. The quantitative estimate of drug-likeness (QED) is 0.0261. The lowest BCUT2D eigenvalue weighted by Crippen LogP contribution is -2.30. The van der Waals surface area contributed by atoms with Crippen LogP contribution in [0.1, 0.15) is 297 Å². The van der Waals surface area contributed by atoms with E-state index in [2.05, 4.69) is 167 Å². The lowest BCUT2D eigenvalue weighted by Gasteiger charge is -2.18. The summed E-state index contributed by atoms with van der Waals surface area (Å²) in [6.45, 7) is 6.31. The molecular weight excluding hydrogens is 1010 g/mol. The zero-order valence-electron chi connectivity index (χ0n) is 53.2. The van der Waals surface area contributed by atoms with E-state index in [1.165, 1.54) is 128 Å². The van der Waals surface area contributed by atoms with Crippen molar-refractivity contribution >= 4 is 17.9 Å². The molecule has 0 bridgehead atoms. The van der Waals surface area contributed by atoms with Gasteiger partial charge in [-0.1, -0.05) is 308 Å². The summed E-state index contributed by atoms with van der Waals surface area (Å²) in [5.41, 5.74) is 0. The molecule has 0 saturated carbocycles. The predicted molar refractivity (Wildman–Crippen MR) is 357 cm³/mol. The van der Waals surface area contributed by atoms with Gasteiger partial charge in [0, 0.05) is 19.3 Å². The van der Waals surface area contributed by atoms with Crippen molar-refractivity contribution in [2.45, 2.75) is 303 Å². The number of esters is 3. The zero-order valence-corrected chi connectivity index (χ0v) is 53.2. The number of carbonyl (C=O) groups is 3. The van der Waals surface area contributed by atoms with Crippen molar-refractivity contribution in [2.24, 2.45) is 0 Å². The standard InChI is InChI=1S/C76H124O6/c1-4-7-10-13-16-18-20-22-24-26-28-30-32-33-34-35-36-37-38-39-40-41-42-43-45-46-48-50-52-54-56-58-60-63-66-69-75(78)81-72-73(71-80-74(77)68-65-62-15-12-9-6-3)82-76(79)70-67-64-61-59-57-55-53-51-49-47-44-31-29-27-25-23-21-19-17-14-11-8-5-2/h7-8,10-11,16-19,22-25,28-31,33-34,47,49,53,55,59,61,73H,4-6,9,12-15,20-21,26-27,32,35-46,48,50-52,54,56-58,60,62-72H2,1-3H3/b10-7-,11-8-,18-16-,19-17-,24-22-,25-23-,30-28-,31-29-,34-33-,49-47-,55-53-,61-59-. The molecule has 0 rings (SSSR count). The molecule has 1 unspecified atom stereocenters. The van der Waals surface area contributed by atoms with E-state index >= 15 is 0 Å². The number of ether oxygens (including phenoxy) is 3. The van der Waals surface area contributed by atoms with E-state index < -0.39 is 6.10 Å². The molecule has 0 aromatic heterocycles. The van der Waals surface area contributed by atoms with Gasteiger partial charge in [-0.2, -0.15) is 0 Å². The first-order valence-corrected chi connectivity index (χ1v) is 33.8. The molecule has 0 aliphatic carbocycles. The van der Waals surface area contributed by atoms with Crippen LogP contribution in [-0.4, -0.2) is 37.2 Å². The van der Waals surface area contributed by atoms with Gasteiger partial charge in [-0.15, -0.1) is 0 Å². The molecule has 1 atom stereocenters. The first kappa shape index (κ1) is 77.3. The third kappa shape index (κ3) is 66.1. The Bertz CT molecular complexity index is 1780. The second-order valence-corrected chi connectivity index (χ2v) is 22.0. The van der Waals surface area contributed by atoms with E-state index in [0.29, 0.717) is 19.3 Å². The molecule has 0 aliphatic heterocycles. The van der Waals surface area contributed by atoms with Crippen LogP contribution in [0, 0.1) is 0 Å². The average molecular weight is 1130 g/mol. The fraction of sp³-hybridized carbons (Fsp3) is 0.645. The van der Waals surface area contributed by atoms with Gasteiger partial charge < -0.3 is 14.2 Å². The Morgan fingerprint density at radius 3 is 0.780 bits per heavy atom. The number of carbonyl (C=O) groups excluding carboxylic acids is 3. The highest BCUT2D eigenvalue weighted by Gasteiger charge is 2.19. The topological polar surface area (TPSA) is 78.9 Å². The first-order valence-electron chi connectivity index (χ1n) is 33.8. The van der Waals surface area contributed by atoms with Crippen molar-refractivity contribution in [1.82, 2.24) is 0 Å². The summed E-state index contributed by atoms with van der Waals surface area (Å²) in [6.07, 6.45) is 99.2. The summed E-state index contributed by atoms with van der Waals surface area (Å²) in [5.74, 6) is -0.969. The maximum absolute atomic E-state index is 12.8. The summed E-state index contributed by atoms with van der Waals surface area (Å²) in [5, 5.41) is 0. The maximum atomic E-state index is 12.8. The fourth-order valence-corrected chi connectivity index (χ4v) is 9.11. The second-order valence-electron chi connectivity index (χ2n) is 22.0.